The van der Waals surface area contributed by atoms with Crippen LogP contribution in [0.1, 0.15) is 30.8 Å². The van der Waals surface area contributed by atoms with Crippen LogP contribution < -0.4 is 10.5 Å². The van der Waals surface area contributed by atoms with Gasteiger partial charge in [0, 0.05) is 18.7 Å². The van der Waals surface area contributed by atoms with Crippen molar-refractivity contribution in [1.82, 2.24) is 19.7 Å². The van der Waals surface area contributed by atoms with Crippen molar-refractivity contribution in [2.24, 2.45) is 5.73 Å². The molecule has 32 heavy (non-hydrogen) atoms. The fourth-order valence-corrected chi connectivity index (χ4v) is 3.48. The highest BCUT2D eigenvalue weighted by atomic mass is 16.5. The van der Waals surface area contributed by atoms with Crippen molar-refractivity contribution in [3.05, 3.63) is 66.1 Å². The van der Waals surface area contributed by atoms with E-state index in [1.807, 2.05) is 49.4 Å². The third-order valence-corrected chi connectivity index (χ3v) is 5.25. The first-order valence-electron chi connectivity index (χ1n) is 10.6. The summed E-state index contributed by atoms with van der Waals surface area (Å²) in [4.78, 5) is 9.29. The third-order valence-electron chi connectivity index (χ3n) is 5.25. The number of pyridine rings is 2. The Morgan fingerprint density at radius 3 is 2.72 bits per heavy atom. The highest BCUT2D eigenvalue weighted by Crippen LogP contribution is 2.33. The maximum Gasteiger partial charge on any atom is 0.154 e. The van der Waals surface area contributed by atoms with Crippen LogP contribution >= 0.6 is 0 Å². The molecule has 4 aromatic rings. The molecule has 0 aliphatic rings. The first kappa shape index (κ1) is 21.9. The van der Waals surface area contributed by atoms with Crippen LogP contribution in [0.25, 0.3) is 28.0 Å². The topological polar surface area (TPSA) is 108 Å². The number of nitrogens with zero attached hydrogens (tertiary/aromatic N) is 4. The molecule has 0 saturated carbocycles. The number of aliphatic hydroxyl groups excluding tert-OH is 1. The summed E-state index contributed by atoms with van der Waals surface area (Å²) in [5.41, 5.74) is 10.1. The molecule has 0 saturated heterocycles. The van der Waals surface area contributed by atoms with Crippen LogP contribution in [0.2, 0.25) is 0 Å². The van der Waals surface area contributed by atoms with Crippen LogP contribution in [0, 0.1) is 0 Å². The van der Waals surface area contributed by atoms with Crippen molar-refractivity contribution >= 4 is 10.9 Å². The van der Waals surface area contributed by atoms with Crippen molar-refractivity contribution in [1.29, 1.82) is 0 Å². The van der Waals surface area contributed by atoms with E-state index in [1.165, 1.54) is 0 Å². The summed E-state index contributed by atoms with van der Waals surface area (Å²) in [5, 5.41) is 14.9. The maximum atomic E-state index is 9.48. The zero-order valence-corrected chi connectivity index (χ0v) is 18.2. The second kappa shape index (κ2) is 9.86. The molecule has 0 aliphatic heterocycles. The monoisotopic (exact) mass is 433 g/mol. The largest absolute Gasteiger partial charge is 0.490 e. The quantitative estimate of drug-likeness (QED) is 0.389. The first-order valence-corrected chi connectivity index (χ1v) is 10.6. The van der Waals surface area contributed by atoms with E-state index in [1.54, 1.807) is 24.1 Å². The molecule has 1 atom stereocenters. The molecule has 0 aliphatic carbocycles. The lowest BCUT2D eigenvalue weighted by Gasteiger charge is -2.13. The Kier molecular flexibility index (Phi) is 6.75. The van der Waals surface area contributed by atoms with Gasteiger partial charge in [0.05, 0.1) is 47.4 Å². The van der Waals surface area contributed by atoms with Gasteiger partial charge in [0.15, 0.2) is 5.82 Å². The smallest absolute Gasteiger partial charge is 0.154 e. The molecule has 3 N–H and O–H groups in total. The number of aliphatic hydroxyl groups is 1. The van der Waals surface area contributed by atoms with Gasteiger partial charge in [-0.1, -0.05) is 19.1 Å². The van der Waals surface area contributed by atoms with Crippen LogP contribution in [0.5, 0.6) is 5.75 Å². The van der Waals surface area contributed by atoms with Gasteiger partial charge in [-0.2, -0.15) is 5.10 Å². The molecule has 0 bridgehead atoms. The first-order chi connectivity index (χ1) is 15.6. The van der Waals surface area contributed by atoms with Gasteiger partial charge in [0.25, 0.3) is 0 Å². The van der Waals surface area contributed by atoms with E-state index in [0.717, 1.165) is 34.3 Å². The number of hydrogen-bond acceptors (Lipinski definition) is 7. The molecule has 3 heterocycles. The van der Waals surface area contributed by atoms with E-state index in [4.69, 9.17) is 20.2 Å². The fourth-order valence-electron chi connectivity index (χ4n) is 3.48. The minimum Gasteiger partial charge on any atom is -0.490 e. The zero-order valence-electron chi connectivity index (χ0n) is 18.2. The van der Waals surface area contributed by atoms with Crippen LogP contribution in [-0.2, 0) is 11.3 Å². The van der Waals surface area contributed by atoms with Crippen LogP contribution in [-0.4, -0.2) is 45.2 Å². The number of hydrogen-bond donors (Lipinski definition) is 2. The molecule has 1 aromatic carbocycles. The Morgan fingerprint density at radius 1 is 1.09 bits per heavy atom. The van der Waals surface area contributed by atoms with Crippen molar-refractivity contribution in [3.63, 3.8) is 0 Å². The lowest BCUT2D eigenvalue weighted by atomic mass is 10.1. The van der Waals surface area contributed by atoms with Crippen molar-refractivity contribution in [2.75, 3.05) is 20.3 Å². The molecule has 8 nitrogen and oxygen atoms in total. The SMILES string of the molecule is CCC(N)c1cccc(-c2cc(OCCOC)c3cnn(-c4cccc(CO)n4)c3c2)n1. The molecular weight excluding hydrogens is 406 g/mol. The number of aromatic nitrogens is 4. The number of fused-ring (bicyclic) bond motifs is 1. The van der Waals surface area contributed by atoms with Crippen LogP contribution in [0.4, 0.5) is 0 Å². The molecule has 0 amide bonds. The lowest BCUT2D eigenvalue weighted by Crippen LogP contribution is -2.10. The molecule has 1 unspecified atom stereocenters. The van der Waals surface area contributed by atoms with E-state index in [0.29, 0.717) is 30.5 Å². The number of rotatable bonds is 9. The van der Waals surface area contributed by atoms with E-state index in [-0.39, 0.29) is 12.6 Å². The second-order valence-electron chi connectivity index (χ2n) is 7.41. The highest BCUT2D eigenvalue weighted by Gasteiger charge is 2.15. The van der Waals surface area contributed by atoms with Gasteiger partial charge < -0.3 is 20.3 Å². The Labute approximate surface area is 186 Å². The normalized spacial score (nSPS) is 12.2. The van der Waals surface area contributed by atoms with Gasteiger partial charge >= 0.3 is 0 Å². The lowest BCUT2D eigenvalue weighted by molar-refractivity contribution is 0.147. The van der Waals surface area contributed by atoms with Gasteiger partial charge in [-0.25, -0.2) is 9.67 Å². The number of methoxy groups -OCH3 is 1. The second-order valence-corrected chi connectivity index (χ2v) is 7.41. The summed E-state index contributed by atoms with van der Waals surface area (Å²) in [6.45, 7) is 2.78. The van der Waals surface area contributed by atoms with E-state index in [2.05, 4.69) is 10.1 Å². The molecular formula is C24H27N5O3. The number of benzene rings is 1. The summed E-state index contributed by atoms with van der Waals surface area (Å²) in [7, 11) is 1.64. The van der Waals surface area contributed by atoms with Crippen LogP contribution in [0.15, 0.2) is 54.7 Å². The van der Waals surface area contributed by atoms with Crippen molar-refractivity contribution in [2.45, 2.75) is 26.0 Å². The molecule has 3 aromatic heterocycles. The average Bonchev–Trinajstić information content (AvgIpc) is 3.28. The standard InChI is InChI=1S/C24H27N5O3/c1-3-19(25)21-8-5-7-20(28-21)16-12-22-18(23(13-16)32-11-10-31-2)14-26-29(22)24-9-4-6-17(15-30)27-24/h4-9,12-14,19,30H,3,10-11,15,25H2,1-2H3. The molecule has 4 rings (SSSR count). The summed E-state index contributed by atoms with van der Waals surface area (Å²) < 4.78 is 12.9. The molecule has 0 radical (unpaired) electrons. The Hall–Kier alpha value is -3.33. The number of ether oxygens (including phenoxy) is 2. The van der Waals surface area contributed by atoms with Gasteiger partial charge in [0.2, 0.25) is 0 Å². The highest BCUT2D eigenvalue weighted by molar-refractivity contribution is 5.90. The fraction of sp³-hybridized carbons (Fsp3) is 0.292. The molecule has 8 heteroatoms. The van der Waals surface area contributed by atoms with Gasteiger partial charge in [0.1, 0.15) is 12.4 Å². The Morgan fingerprint density at radius 2 is 1.94 bits per heavy atom. The van der Waals surface area contributed by atoms with Crippen LogP contribution in [0.3, 0.4) is 0 Å². The molecule has 0 spiro atoms. The minimum atomic E-state index is -0.141. The third kappa shape index (κ3) is 4.47. The van der Waals surface area contributed by atoms with Gasteiger partial charge in [-0.05, 0) is 42.8 Å². The predicted octanol–water partition coefficient (Wildman–Crippen LogP) is 3.41. The predicted molar refractivity (Wildman–Crippen MR) is 123 cm³/mol. The van der Waals surface area contributed by atoms with Gasteiger partial charge in [-0.3, -0.25) is 4.98 Å². The van der Waals surface area contributed by atoms with Gasteiger partial charge in [-0.15, -0.1) is 0 Å². The van der Waals surface area contributed by atoms with Crippen molar-refractivity contribution in [3.8, 4) is 22.8 Å². The molecule has 0 fully saturated rings. The van der Waals surface area contributed by atoms with E-state index >= 15 is 0 Å². The Bertz CT molecular complexity index is 1210. The summed E-state index contributed by atoms with van der Waals surface area (Å²) in [6, 6.07) is 15.2. The Balaban J connectivity index is 1.86. The van der Waals surface area contributed by atoms with Crippen molar-refractivity contribution < 1.29 is 14.6 Å². The molecule has 166 valence electrons. The summed E-state index contributed by atoms with van der Waals surface area (Å²) >= 11 is 0. The summed E-state index contributed by atoms with van der Waals surface area (Å²) in [6.07, 6.45) is 2.56. The maximum absolute atomic E-state index is 9.48. The average molecular weight is 434 g/mol. The number of nitrogens with two attached hydrogens (primary N) is 1. The zero-order chi connectivity index (χ0) is 22.5. The minimum absolute atomic E-state index is 0.118. The van der Waals surface area contributed by atoms with E-state index in [9.17, 15) is 5.11 Å². The summed E-state index contributed by atoms with van der Waals surface area (Å²) in [5.74, 6) is 1.30. The van der Waals surface area contributed by atoms with E-state index < -0.39 is 0 Å².